The van der Waals surface area contributed by atoms with Crippen LogP contribution in [0.4, 0.5) is 5.69 Å². The number of thiophene rings is 1. The van der Waals surface area contributed by atoms with Gasteiger partial charge in [-0.1, -0.05) is 29.5 Å². The number of nitrogens with zero attached hydrogens (tertiary/aromatic N) is 3. The molecule has 1 aromatic carbocycles. The number of anilines is 1. The third kappa shape index (κ3) is 3.53. The van der Waals surface area contributed by atoms with E-state index >= 15 is 0 Å². The van der Waals surface area contributed by atoms with Crippen molar-refractivity contribution in [3.8, 4) is 0 Å². The topological polar surface area (TPSA) is 63.9 Å². The van der Waals surface area contributed by atoms with Crippen molar-refractivity contribution >= 4 is 40.4 Å². The molecule has 3 aromatic rings. The highest BCUT2D eigenvalue weighted by Gasteiger charge is 2.33. The monoisotopic (exact) mass is 439 g/mol. The lowest BCUT2D eigenvalue weighted by Crippen LogP contribution is -2.39. The maximum Gasteiger partial charge on any atom is 0.338 e. The molecule has 4 rings (SSSR count). The second-order valence-electron chi connectivity index (χ2n) is 7.07. The Balaban J connectivity index is 1.89. The van der Waals surface area contributed by atoms with Gasteiger partial charge in [0.25, 0.3) is 5.56 Å². The SMILES string of the molecule is COC(=O)C1=C(C)N=c2s/c(=C/c3ccc(N(C)C)cc3)c(=O)n2[C@H]1c1cccs1. The number of aromatic nitrogens is 1. The summed E-state index contributed by atoms with van der Waals surface area (Å²) < 4.78 is 7.18. The van der Waals surface area contributed by atoms with Gasteiger partial charge < -0.3 is 9.64 Å². The maximum atomic E-state index is 13.4. The summed E-state index contributed by atoms with van der Waals surface area (Å²) in [6.45, 7) is 1.78. The number of fused-ring (bicyclic) bond motifs is 1. The predicted molar refractivity (Wildman–Crippen MR) is 121 cm³/mol. The number of ether oxygens (including phenoxy) is 1. The highest BCUT2D eigenvalue weighted by Crippen LogP contribution is 2.32. The van der Waals surface area contributed by atoms with Crippen LogP contribution in [0.15, 0.2) is 62.8 Å². The molecule has 1 aliphatic heterocycles. The van der Waals surface area contributed by atoms with Crippen molar-refractivity contribution in [2.75, 3.05) is 26.1 Å². The van der Waals surface area contributed by atoms with Gasteiger partial charge in [-0.15, -0.1) is 11.3 Å². The Labute approximate surface area is 181 Å². The molecule has 0 fully saturated rings. The van der Waals surface area contributed by atoms with Crippen molar-refractivity contribution < 1.29 is 9.53 Å². The van der Waals surface area contributed by atoms with Crippen molar-refractivity contribution in [3.05, 3.63) is 83.2 Å². The van der Waals surface area contributed by atoms with Gasteiger partial charge in [0.2, 0.25) is 0 Å². The summed E-state index contributed by atoms with van der Waals surface area (Å²) in [5.74, 6) is -0.469. The normalized spacial score (nSPS) is 16.3. The van der Waals surface area contributed by atoms with Gasteiger partial charge >= 0.3 is 5.97 Å². The zero-order valence-corrected chi connectivity index (χ0v) is 18.7. The molecule has 1 atom stereocenters. The molecule has 0 N–H and O–H groups in total. The van der Waals surface area contributed by atoms with Crippen LogP contribution in [0, 0.1) is 0 Å². The molecule has 3 heterocycles. The Morgan fingerprint density at radius 1 is 1.23 bits per heavy atom. The molecule has 0 bridgehead atoms. The average molecular weight is 440 g/mol. The number of hydrogen-bond acceptors (Lipinski definition) is 7. The van der Waals surface area contributed by atoms with Gasteiger partial charge in [-0.3, -0.25) is 9.36 Å². The number of rotatable bonds is 4. The number of hydrogen-bond donors (Lipinski definition) is 0. The van der Waals surface area contributed by atoms with E-state index in [4.69, 9.17) is 4.74 Å². The first kappa shape index (κ1) is 20.3. The van der Waals surface area contributed by atoms with Crippen molar-refractivity contribution in [1.29, 1.82) is 0 Å². The fourth-order valence-corrected chi connectivity index (χ4v) is 5.30. The van der Waals surface area contributed by atoms with E-state index in [0.29, 0.717) is 20.6 Å². The largest absolute Gasteiger partial charge is 0.466 e. The zero-order valence-electron chi connectivity index (χ0n) is 17.1. The first-order chi connectivity index (χ1) is 14.4. The van der Waals surface area contributed by atoms with Crippen LogP contribution in [0.2, 0.25) is 0 Å². The van der Waals surface area contributed by atoms with Crippen molar-refractivity contribution in [2.45, 2.75) is 13.0 Å². The van der Waals surface area contributed by atoms with Gasteiger partial charge in [-0.05, 0) is 42.1 Å². The third-order valence-electron chi connectivity index (χ3n) is 4.95. The average Bonchev–Trinajstić information content (AvgIpc) is 3.36. The molecule has 154 valence electrons. The van der Waals surface area contributed by atoms with Gasteiger partial charge in [0.15, 0.2) is 4.80 Å². The predicted octanol–water partition coefficient (Wildman–Crippen LogP) is 2.54. The molecule has 8 heteroatoms. The van der Waals surface area contributed by atoms with Crippen LogP contribution < -0.4 is 19.8 Å². The lowest BCUT2D eigenvalue weighted by molar-refractivity contribution is -0.136. The van der Waals surface area contributed by atoms with Gasteiger partial charge in [-0.2, -0.15) is 0 Å². The van der Waals surface area contributed by atoms with Crippen LogP contribution >= 0.6 is 22.7 Å². The fraction of sp³-hybridized carbons (Fsp3) is 0.227. The van der Waals surface area contributed by atoms with E-state index in [2.05, 4.69) is 4.99 Å². The zero-order chi connectivity index (χ0) is 21.4. The number of thiazole rings is 1. The van der Waals surface area contributed by atoms with Crippen molar-refractivity contribution in [2.24, 2.45) is 4.99 Å². The van der Waals surface area contributed by atoms with Crippen molar-refractivity contribution in [1.82, 2.24) is 4.57 Å². The van der Waals surface area contributed by atoms with E-state index in [1.54, 1.807) is 11.5 Å². The summed E-state index contributed by atoms with van der Waals surface area (Å²) in [5, 5.41) is 1.93. The quantitative estimate of drug-likeness (QED) is 0.586. The van der Waals surface area contributed by atoms with Gasteiger partial charge in [0, 0.05) is 24.7 Å². The number of esters is 1. The lowest BCUT2D eigenvalue weighted by Gasteiger charge is -2.22. The molecule has 0 saturated heterocycles. The van der Waals surface area contributed by atoms with E-state index in [-0.39, 0.29) is 5.56 Å². The second-order valence-corrected chi connectivity index (χ2v) is 9.06. The minimum Gasteiger partial charge on any atom is -0.466 e. The summed E-state index contributed by atoms with van der Waals surface area (Å²) in [6.07, 6.45) is 1.87. The third-order valence-corrected chi connectivity index (χ3v) is 6.85. The Kier molecular flexibility index (Phi) is 5.44. The van der Waals surface area contributed by atoms with Gasteiger partial charge in [0.1, 0.15) is 6.04 Å². The van der Waals surface area contributed by atoms with Crippen LogP contribution in [0.3, 0.4) is 0 Å². The van der Waals surface area contributed by atoms with E-state index in [9.17, 15) is 9.59 Å². The smallest absolute Gasteiger partial charge is 0.338 e. The summed E-state index contributed by atoms with van der Waals surface area (Å²) >= 11 is 2.83. The van der Waals surface area contributed by atoms with Crippen LogP contribution in [0.5, 0.6) is 0 Å². The lowest BCUT2D eigenvalue weighted by atomic mass is 10.0. The summed E-state index contributed by atoms with van der Waals surface area (Å²) in [5.41, 5.74) is 2.83. The highest BCUT2D eigenvalue weighted by molar-refractivity contribution is 7.10. The maximum absolute atomic E-state index is 13.4. The molecule has 6 nitrogen and oxygen atoms in total. The molecule has 0 saturated carbocycles. The fourth-order valence-electron chi connectivity index (χ4n) is 3.43. The second kappa shape index (κ2) is 8.04. The van der Waals surface area contributed by atoms with E-state index in [1.165, 1.54) is 29.8 Å². The molecular formula is C22H21N3O3S2. The number of carbonyl (C=O) groups excluding carboxylic acids is 1. The number of methoxy groups -OCH3 is 1. The molecule has 0 unspecified atom stereocenters. The minimum atomic E-state index is -0.535. The molecule has 0 spiro atoms. The molecular weight excluding hydrogens is 418 g/mol. The van der Waals surface area contributed by atoms with E-state index in [1.807, 2.05) is 66.8 Å². The Hall–Kier alpha value is -2.97. The van der Waals surface area contributed by atoms with Crippen LogP contribution in [-0.2, 0) is 9.53 Å². The Morgan fingerprint density at radius 3 is 2.57 bits per heavy atom. The first-order valence-corrected chi connectivity index (χ1v) is 11.0. The Bertz CT molecular complexity index is 1300. The van der Waals surface area contributed by atoms with Crippen LogP contribution in [-0.4, -0.2) is 31.7 Å². The molecule has 30 heavy (non-hydrogen) atoms. The van der Waals surface area contributed by atoms with Gasteiger partial charge in [0.05, 0.1) is 22.9 Å². The number of carbonyl (C=O) groups is 1. The standard InChI is InChI=1S/C22H21N3O3S2/c1-13-18(21(27)28-4)19(16-6-5-11-29-16)25-20(26)17(30-22(25)23-13)12-14-7-9-15(10-8-14)24(2)3/h5-12,19H,1-4H3/b17-12+/t19-/m0/s1. The highest BCUT2D eigenvalue weighted by atomic mass is 32.1. The first-order valence-electron chi connectivity index (χ1n) is 9.32. The van der Waals surface area contributed by atoms with Crippen LogP contribution in [0.1, 0.15) is 23.4 Å². The molecule has 0 amide bonds. The number of allylic oxidation sites excluding steroid dienone is 1. The van der Waals surface area contributed by atoms with E-state index in [0.717, 1.165) is 16.1 Å². The summed E-state index contributed by atoms with van der Waals surface area (Å²) in [7, 11) is 5.31. The number of benzene rings is 1. The van der Waals surface area contributed by atoms with E-state index < -0.39 is 12.0 Å². The molecule has 1 aliphatic rings. The summed E-state index contributed by atoms with van der Waals surface area (Å²) in [6, 6.07) is 11.3. The molecule has 0 radical (unpaired) electrons. The van der Waals surface area contributed by atoms with Crippen LogP contribution in [0.25, 0.3) is 6.08 Å². The minimum absolute atomic E-state index is 0.164. The Morgan fingerprint density at radius 2 is 1.97 bits per heavy atom. The summed E-state index contributed by atoms with van der Waals surface area (Å²) in [4.78, 5) is 34.0. The van der Waals surface area contributed by atoms with Crippen molar-refractivity contribution in [3.63, 3.8) is 0 Å². The van der Waals surface area contributed by atoms with Gasteiger partial charge in [-0.25, -0.2) is 9.79 Å². The molecule has 0 aliphatic carbocycles. The molecule has 2 aromatic heterocycles.